The summed E-state index contributed by atoms with van der Waals surface area (Å²) in [6, 6.07) is 7.89. The summed E-state index contributed by atoms with van der Waals surface area (Å²) in [6.07, 6.45) is 2.03. The fraction of sp³-hybridized carbons (Fsp3) is 0.308. The molecule has 1 saturated heterocycles. The summed E-state index contributed by atoms with van der Waals surface area (Å²) in [5, 5.41) is 14.5. The van der Waals surface area contributed by atoms with E-state index in [1.165, 1.54) is 11.3 Å². The van der Waals surface area contributed by atoms with Crippen molar-refractivity contribution < 1.29 is 10.1 Å². The Morgan fingerprint density at radius 1 is 1.45 bits per heavy atom. The molecule has 1 atom stereocenters. The number of carbonyl (C=O) groups excluding carboxylic acids is 1. The van der Waals surface area contributed by atoms with Crippen molar-refractivity contribution in [3.05, 3.63) is 28.7 Å². The number of halogens is 1. The number of nitrogens with zero attached hydrogens (tertiary/aromatic N) is 2. The highest BCUT2D eigenvalue weighted by Crippen LogP contribution is 2.28. The van der Waals surface area contributed by atoms with Crippen LogP contribution in [0.2, 0.25) is 0 Å². The van der Waals surface area contributed by atoms with Crippen molar-refractivity contribution in [2.45, 2.75) is 18.9 Å². The first-order valence-electron chi connectivity index (χ1n) is 6.46. The van der Waals surface area contributed by atoms with Gasteiger partial charge in [-0.2, -0.15) is 0 Å². The van der Waals surface area contributed by atoms with Gasteiger partial charge in [0, 0.05) is 22.9 Å². The van der Waals surface area contributed by atoms with Crippen molar-refractivity contribution >= 4 is 38.3 Å². The fourth-order valence-electron chi connectivity index (χ4n) is 2.22. The maximum absolute atomic E-state index is 12.0. The lowest BCUT2D eigenvalue weighted by Gasteiger charge is -2.04. The number of carbonyl (C=O) groups is 1. The topological polar surface area (TPSA) is 71.5 Å². The smallest absolute Gasteiger partial charge is 0.284 e. The average molecular weight is 354 g/mol. The third-order valence-electron chi connectivity index (χ3n) is 3.23. The Morgan fingerprint density at radius 3 is 3.10 bits per heavy atom. The quantitative estimate of drug-likeness (QED) is 0.880. The van der Waals surface area contributed by atoms with Gasteiger partial charge < -0.3 is 5.32 Å². The van der Waals surface area contributed by atoms with Crippen molar-refractivity contribution in [2.24, 2.45) is 0 Å². The second kappa shape index (κ2) is 5.99. The molecule has 2 heterocycles. The zero-order valence-electron chi connectivity index (χ0n) is 10.7. The lowest BCUT2D eigenvalue weighted by atomic mass is 10.2. The van der Waals surface area contributed by atoms with Crippen LogP contribution >= 0.6 is 27.3 Å². The van der Waals surface area contributed by atoms with Crippen LogP contribution in [-0.2, 0) is 4.79 Å². The normalized spacial score (nSPS) is 18.1. The molecule has 104 valence electrons. The van der Waals surface area contributed by atoms with E-state index in [-0.39, 0.29) is 11.9 Å². The minimum Gasteiger partial charge on any atom is -0.336 e. The minimum atomic E-state index is 0.0215. The van der Waals surface area contributed by atoms with Gasteiger partial charge in [0.05, 0.1) is 6.54 Å². The maximum atomic E-state index is 12.0. The second-order valence-corrected chi connectivity index (χ2v) is 6.58. The summed E-state index contributed by atoms with van der Waals surface area (Å²) in [6.45, 7) is 1.03. The molecule has 7 heteroatoms. The second-order valence-electron chi connectivity index (χ2n) is 4.69. The molecule has 1 aliphatic rings. The number of amides is 1. The van der Waals surface area contributed by atoms with Gasteiger partial charge in [0.1, 0.15) is 5.01 Å². The predicted molar refractivity (Wildman–Crippen MR) is 81.5 cm³/mol. The van der Waals surface area contributed by atoms with Crippen LogP contribution in [0.5, 0.6) is 0 Å². The van der Waals surface area contributed by atoms with Crippen molar-refractivity contribution in [1.29, 1.82) is 0 Å². The standard InChI is InChI=1S/C13H13BrN4OS/c14-9-4-1-3-8(7-9)12-17-18-13(20-12)16-11(19)10-5-2-6-15-10/h1,3-4,7,10,15H,2,5-6H2,(H,16,18,19)/p+1/t10-/m0/s1. The molecular formula is C13H14BrN4OS+. The molecule has 1 amide bonds. The number of anilines is 1. The lowest BCUT2D eigenvalue weighted by Crippen LogP contribution is -2.88. The highest BCUT2D eigenvalue weighted by molar-refractivity contribution is 9.10. The Morgan fingerprint density at radius 2 is 2.35 bits per heavy atom. The summed E-state index contributed by atoms with van der Waals surface area (Å²) >= 11 is 4.83. The number of nitrogens with one attached hydrogen (secondary N) is 1. The van der Waals surface area contributed by atoms with Gasteiger partial charge in [-0.15, -0.1) is 10.2 Å². The van der Waals surface area contributed by atoms with Crippen LogP contribution in [0.1, 0.15) is 12.8 Å². The summed E-state index contributed by atoms with van der Waals surface area (Å²) in [4.78, 5) is 12.0. The van der Waals surface area contributed by atoms with Crippen LogP contribution in [0.15, 0.2) is 28.7 Å². The molecule has 0 radical (unpaired) electrons. The first-order chi connectivity index (χ1) is 9.72. The van der Waals surface area contributed by atoms with Gasteiger partial charge >= 0.3 is 0 Å². The molecule has 3 N–H and O–H groups in total. The van der Waals surface area contributed by atoms with E-state index in [1.807, 2.05) is 24.3 Å². The van der Waals surface area contributed by atoms with E-state index >= 15 is 0 Å². The largest absolute Gasteiger partial charge is 0.336 e. The molecule has 0 bridgehead atoms. The van der Waals surface area contributed by atoms with Crippen molar-refractivity contribution in [3.63, 3.8) is 0 Å². The molecule has 2 aromatic rings. The third kappa shape index (κ3) is 3.05. The van der Waals surface area contributed by atoms with Crippen LogP contribution in [0.25, 0.3) is 10.6 Å². The first-order valence-corrected chi connectivity index (χ1v) is 8.07. The van der Waals surface area contributed by atoms with Crippen LogP contribution < -0.4 is 10.6 Å². The zero-order chi connectivity index (χ0) is 13.9. The average Bonchev–Trinajstić information content (AvgIpc) is 3.10. The summed E-state index contributed by atoms with van der Waals surface area (Å²) in [7, 11) is 0. The van der Waals surface area contributed by atoms with Gasteiger partial charge in [-0.3, -0.25) is 10.1 Å². The highest BCUT2D eigenvalue weighted by Gasteiger charge is 2.27. The predicted octanol–water partition coefficient (Wildman–Crippen LogP) is 1.63. The van der Waals surface area contributed by atoms with Crippen LogP contribution in [0.4, 0.5) is 5.13 Å². The number of aromatic nitrogens is 2. The van der Waals surface area contributed by atoms with Crippen molar-refractivity contribution in [2.75, 3.05) is 11.9 Å². The molecule has 0 aliphatic carbocycles. The summed E-state index contributed by atoms with van der Waals surface area (Å²) in [5.41, 5.74) is 0.991. The lowest BCUT2D eigenvalue weighted by molar-refractivity contribution is -0.656. The van der Waals surface area contributed by atoms with Gasteiger partial charge in [0.15, 0.2) is 6.04 Å². The van der Waals surface area contributed by atoms with Gasteiger partial charge in [-0.05, 0) is 12.1 Å². The summed E-state index contributed by atoms with van der Waals surface area (Å²) in [5.74, 6) is 0.0273. The van der Waals surface area contributed by atoms with E-state index in [0.717, 1.165) is 34.4 Å². The number of nitrogens with two attached hydrogens (primary N) is 1. The maximum Gasteiger partial charge on any atom is 0.284 e. The number of rotatable bonds is 3. The van der Waals surface area contributed by atoms with E-state index in [4.69, 9.17) is 0 Å². The van der Waals surface area contributed by atoms with Gasteiger partial charge in [-0.1, -0.05) is 39.4 Å². The molecule has 20 heavy (non-hydrogen) atoms. The SMILES string of the molecule is O=C(Nc1nnc(-c2cccc(Br)c2)s1)[C@@H]1CCC[NH2+]1. The fourth-order valence-corrected chi connectivity index (χ4v) is 3.36. The van der Waals surface area contributed by atoms with E-state index in [2.05, 4.69) is 36.8 Å². The number of benzene rings is 1. The monoisotopic (exact) mass is 353 g/mol. The Labute approximate surface area is 128 Å². The van der Waals surface area contributed by atoms with Crippen LogP contribution in [0, 0.1) is 0 Å². The molecule has 3 rings (SSSR count). The molecule has 0 unspecified atom stereocenters. The van der Waals surface area contributed by atoms with E-state index in [9.17, 15) is 4.79 Å². The molecule has 1 aromatic heterocycles. The third-order valence-corrected chi connectivity index (χ3v) is 4.61. The van der Waals surface area contributed by atoms with Crippen LogP contribution in [-0.4, -0.2) is 28.7 Å². The molecule has 0 spiro atoms. The zero-order valence-corrected chi connectivity index (χ0v) is 13.1. The number of hydrogen-bond donors (Lipinski definition) is 2. The molecule has 1 fully saturated rings. The minimum absolute atomic E-state index is 0.0215. The van der Waals surface area contributed by atoms with Crippen molar-refractivity contribution in [3.8, 4) is 10.6 Å². The van der Waals surface area contributed by atoms with E-state index in [1.54, 1.807) is 0 Å². The Bertz CT molecular complexity index is 624. The number of quaternary nitrogens is 1. The molecule has 5 nitrogen and oxygen atoms in total. The molecule has 1 aromatic carbocycles. The Kier molecular flexibility index (Phi) is 4.09. The highest BCUT2D eigenvalue weighted by atomic mass is 79.9. The van der Waals surface area contributed by atoms with E-state index < -0.39 is 0 Å². The molecule has 1 aliphatic heterocycles. The van der Waals surface area contributed by atoms with Gasteiger partial charge in [0.25, 0.3) is 5.91 Å². The van der Waals surface area contributed by atoms with Crippen molar-refractivity contribution in [1.82, 2.24) is 10.2 Å². The summed E-state index contributed by atoms with van der Waals surface area (Å²) < 4.78 is 0.997. The van der Waals surface area contributed by atoms with Gasteiger partial charge in [-0.25, -0.2) is 0 Å². The Hall–Kier alpha value is -1.31. The molecular weight excluding hydrogens is 340 g/mol. The van der Waals surface area contributed by atoms with Crippen LogP contribution in [0.3, 0.4) is 0 Å². The molecule has 0 saturated carbocycles. The van der Waals surface area contributed by atoms with E-state index in [0.29, 0.717) is 5.13 Å². The first kappa shape index (κ1) is 13.7. The van der Waals surface area contributed by atoms with Gasteiger partial charge in [0.2, 0.25) is 5.13 Å². The number of hydrogen-bond acceptors (Lipinski definition) is 4. The Balaban J connectivity index is 1.72.